The number of benzene rings is 1. The van der Waals surface area contributed by atoms with Crippen molar-refractivity contribution in [3.05, 3.63) is 41.6 Å². The Kier molecular flexibility index (Phi) is 4.34. The second-order valence-electron chi connectivity index (χ2n) is 4.48. The number of hydrogen-bond donors (Lipinski definition) is 1. The second-order valence-corrected chi connectivity index (χ2v) is 4.48. The highest BCUT2D eigenvalue weighted by molar-refractivity contribution is 5.96. The second kappa shape index (κ2) is 6.18. The smallest absolute Gasteiger partial charge is 0.336 e. The number of hydrogen-bond acceptors (Lipinski definition) is 3. The highest BCUT2D eigenvalue weighted by atomic mass is 16.5. The van der Waals surface area contributed by atoms with Crippen molar-refractivity contribution in [1.82, 2.24) is 5.16 Å². The summed E-state index contributed by atoms with van der Waals surface area (Å²) in [6.45, 7) is 2.14. The highest BCUT2D eigenvalue weighted by Crippen LogP contribution is 2.29. The van der Waals surface area contributed by atoms with Gasteiger partial charge in [0.05, 0.1) is 11.8 Å². The van der Waals surface area contributed by atoms with E-state index in [-0.39, 0.29) is 5.56 Å². The molecule has 0 atom stereocenters. The zero-order valence-electron chi connectivity index (χ0n) is 10.9. The molecule has 1 heterocycles. The Bertz CT molecular complexity index is 547. The van der Waals surface area contributed by atoms with E-state index in [2.05, 4.69) is 12.1 Å². The van der Waals surface area contributed by atoms with Crippen LogP contribution in [0.5, 0.6) is 0 Å². The van der Waals surface area contributed by atoms with Gasteiger partial charge in [-0.15, -0.1) is 0 Å². The number of aromatic nitrogens is 1. The van der Waals surface area contributed by atoms with Crippen molar-refractivity contribution < 1.29 is 14.4 Å². The first-order valence-corrected chi connectivity index (χ1v) is 6.50. The maximum Gasteiger partial charge on any atom is 0.336 e. The van der Waals surface area contributed by atoms with Gasteiger partial charge in [-0.3, -0.25) is 0 Å². The maximum absolute atomic E-state index is 11.3. The van der Waals surface area contributed by atoms with Crippen molar-refractivity contribution in [1.29, 1.82) is 0 Å². The summed E-state index contributed by atoms with van der Waals surface area (Å²) in [6.07, 6.45) is 5.69. The predicted molar refractivity (Wildman–Crippen MR) is 72.1 cm³/mol. The standard InChI is InChI=1S/C15H17NO3/c1-2-3-4-6-11-7-5-8-12(15(17)18)14(11)13-9-10-16-19-13/h5,7-10H,2-4,6H2,1H3,(H,17,18). The fraction of sp³-hybridized carbons (Fsp3) is 0.333. The number of aryl methyl sites for hydroxylation is 1. The van der Waals surface area contributed by atoms with Gasteiger partial charge in [0.25, 0.3) is 0 Å². The third-order valence-electron chi connectivity index (χ3n) is 3.12. The van der Waals surface area contributed by atoms with Crippen molar-refractivity contribution >= 4 is 5.97 Å². The number of carbonyl (C=O) groups is 1. The van der Waals surface area contributed by atoms with E-state index in [4.69, 9.17) is 4.52 Å². The topological polar surface area (TPSA) is 63.3 Å². The van der Waals surface area contributed by atoms with Gasteiger partial charge < -0.3 is 9.63 Å². The molecule has 4 heteroatoms. The third-order valence-corrected chi connectivity index (χ3v) is 3.12. The molecule has 0 spiro atoms. The van der Waals surface area contributed by atoms with Gasteiger partial charge in [0.1, 0.15) is 0 Å². The van der Waals surface area contributed by atoms with Crippen LogP contribution in [0.2, 0.25) is 0 Å². The van der Waals surface area contributed by atoms with Crippen molar-refractivity contribution in [3.63, 3.8) is 0 Å². The molecular formula is C15H17NO3. The number of rotatable bonds is 6. The van der Waals surface area contributed by atoms with Crippen molar-refractivity contribution in [2.24, 2.45) is 0 Å². The van der Waals surface area contributed by atoms with Gasteiger partial charge in [0.15, 0.2) is 5.76 Å². The Balaban J connectivity index is 2.42. The Morgan fingerprint density at radius 3 is 2.79 bits per heavy atom. The number of aromatic carboxylic acids is 1. The minimum absolute atomic E-state index is 0.269. The van der Waals surface area contributed by atoms with E-state index >= 15 is 0 Å². The molecule has 0 radical (unpaired) electrons. The monoisotopic (exact) mass is 259 g/mol. The van der Waals surface area contributed by atoms with Crippen molar-refractivity contribution in [2.75, 3.05) is 0 Å². The third kappa shape index (κ3) is 3.02. The molecule has 0 unspecified atom stereocenters. The maximum atomic E-state index is 11.3. The molecule has 0 saturated carbocycles. The molecule has 4 nitrogen and oxygen atoms in total. The van der Waals surface area contributed by atoms with Crippen LogP contribution in [0.25, 0.3) is 11.3 Å². The summed E-state index contributed by atoms with van der Waals surface area (Å²) in [6, 6.07) is 7.04. The summed E-state index contributed by atoms with van der Waals surface area (Å²) < 4.78 is 5.14. The number of unbranched alkanes of at least 4 members (excludes halogenated alkanes) is 2. The average Bonchev–Trinajstić information content (AvgIpc) is 2.92. The molecule has 0 saturated heterocycles. The first-order valence-electron chi connectivity index (χ1n) is 6.50. The van der Waals surface area contributed by atoms with Gasteiger partial charge >= 0.3 is 5.97 Å². The van der Waals surface area contributed by atoms with E-state index in [1.54, 1.807) is 18.2 Å². The van der Waals surface area contributed by atoms with Crippen LogP contribution < -0.4 is 0 Å². The molecular weight excluding hydrogens is 242 g/mol. The average molecular weight is 259 g/mol. The summed E-state index contributed by atoms with van der Waals surface area (Å²) in [7, 11) is 0. The molecule has 2 rings (SSSR count). The molecule has 0 amide bonds. The fourth-order valence-electron chi connectivity index (χ4n) is 2.19. The van der Waals surface area contributed by atoms with E-state index in [1.807, 2.05) is 6.07 Å². The normalized spacial score (nSPS) is 10.6. The van der Waals surface area contributed by atoms with E-state index in [9.17, 15) is 9.90 Å². The lowest BCUT2D eigenvalue weighted by atomic mass is 9.95. The highest BCUT2D eigenvalue weighted by Gasteiger charge is 2.17. The van der Waals surface area contributed by atoms with Gasteiger partial charge in [-0.2, -0.15) is 0 Å². The van der Waals surface area contributed by atoms with Crippen LogP contribution in [0, 0.1) is 0 Å². The predicted octanol–water partition coefficient (Wildman–Crippen LogP) is 3.77. The molecule has 100 valence electrons. The van der Waals surface area contributed by atoms with Gasteiger partial charge in [0.2, 0.25) is 0 Å². The Morgan fingerprint density at radius 2 is 2.16 bits per heavy atom. The van der Waals surface area contributed by atoms with Crippen molar-refractivity contribution in [3.8, 4) is 11.3 Å². The molecule has 2 aromatic rings. The Labute approximate surface area is 112 Å². The van der Waals surface area contributed by atoms with E-state index in [0.29, 0.717) is 11.3 Å². The Hall–Kier alpha value is -2.10. The minimum atomic E-state index is -0.941. The van der Waals surface area contributed by atoms with Crippen LogP contribution >= 0.6 is 0 Å². The van der Waals surface area contributed by atoms with Gasteiger partial charge in [-0.1, -0.05) is 37.1 Å². The van der Waals surface area contributed by atoms with Crippen molar-refractivity contribution in [2.45, 2.75) is 32.6 Å². The lowest BCUT2D eigenvalue weighted by molar-refractivity contribution is 0.0697. The molecule has 19 heavy (non-hydrogen) atoms. The van der Waals surface area contributed by atoms with E-state index < -0.39 is 5.97 Å². The summed E-state index contributed by atoms with van der Waals surface area (Å²) in [4.78, 5) is 11.3. The van der Waals surface area contributed by atoms with E-state index in [0.717, 1.165) is 31.2 Å². The molecule has 0 aliphatic rings. The van der Waals surface area contributed by atoms with Crippen LogP contribution in [0.15, 0.2) is 35.0 Å². The summed E-state index contributed by atoms with van der Waals surface area (Å²) >= 11 is 0. The first-order chi connectivity index (χ1) is 9.24. The van der Waals surface area contributed by atoms with Crippen LogP contribution in [-0.4, -0.2) is 16.2 Å². The molecule has 1 aromatic heterocycles. The van der Waals surface area contributed by atoms with Crippen LogP contribution in [0.3, 0.4) is 0 Å². The van der Waals surface area contributed by atoms with Crippen LogP contribution in [0.4, 0.5) is 0 Å². The fourth-order valence-corrected chi connectivity index (χ4v) is 2.19. The number of carboxylic acid groups (broad SMARTS) is 1. The zero-order chi connectivity index (χ0) is 13.7. The zero-order valence-corrected chi connectivity index (χ0v) is 10.9. The molecule has 1 aromatic carbocycles. The summed E-state index contributed by atoms with van der Waals surface area (Å²) in [5.41, 5.74) is 1.93. The van der Waals surface area contributed by atoms with Crippen LogP contribution in [-0.2, 0) is 6.42 Å². The van der Waals surface area contributed by atoms with Gasteiger partial charge in [-0.05, 0) is 24.5 Å². The lowest BCUT2D eigenvalue weighted by Crippen LogP contribution is -2.02. The number of nitrogens with zero attached hydrogens (tertiary/aromatic N) is 1. The molecule has 0 aliphatic heterocycles. The largest absolute Gasteiger partial charge is 0.478 e. The minimum Gasteiger partial charge on any atom is -0.478 e. The summed E-state index contributed by atoms with van der Waals surface area (Å²) in [5.74, 6) is -0.423. The molecule has 0 aliphatic carbocycles. The molecule has 1 N–H and O–H groups in total. The summed E-state index contributed by atoms with van der Waals surface area (Å²) in [5, 5.41) is 13.0. The SMILES string of the molecule is CCCCCc1cccc(C(=O)O)c1-c1ccno1. The van der Waals surface area contributed by atoms with Gasteiger partial charge in [0, 0.05) is 11.6 Å². The van der Waals surface area contributed by atoms with E-state index in [1.165, 1.54) is 6.20 Å². The quantitative estimate of drug-likeness (QED) is 0.802. The molecule has 0 bridgehead atoms. The number of carboxylic acids is 1. The van der Waals surface area contributed by atoms with Crippen LogP contribution in [0.1, 0.15) is 42.1 Å². The van der Waals surface area contributed by atoms with Gasteiger partial charge in [-0.25, -0.2) is 4.79 Å². The Morgan fingerprint density at radius 1 is 1.32 bits per heavy atom. The molecule has 0 fully saturated rings. The first kappa shape index (κ1) is 13.3. The lowest BCUT2D eigenvalue weighted by Gasteiger charge is -2.10.